The molecule has 0 amide bonds. The highest BCUT2D eigenvalue weighted by molar-refractivity contribution is 6.92. The van der Waals surface area contributed by atoms with Crippen LogP contribution in [-0.2, 0) is 6.42 Å². The van der Waals surface area contributed by atoms with Gasteiger partial charge in [0.05, 0.1) is 0 Å². The quantitative estimate of drug-likeness (QED) is 0.639. The smallest absolute Gasteiger partial charge is 0.00367 e. The van der Waals surface area contributed by atoms with Gasteiger partial charge in [0.1, 0.15) is 0 Å². The van der Waals surface area contributed by atoms with E-state index in [1.54, 1.807) is 0 Å². The first-order valence-electron chi connectivity index (χ1n) is 3.17. The third-order valence-corrected chi connectivity index (χ3v) is 1.28. The molecule has 1 aromatic rings. The molecule has 0 saturated heterocycles. The van der Waals surface area contributed by atoms with Gasteiger partial charge in [-0.3, -0.25) is 0 Å². The van der Waals surface area contributed by atoms with Crippen molar-refractivity contribution in [3.63, 3.8) is 0 Å². The van der Waals surface area contributed by atoms with E-state index in [2.05, 4.69) is 12.1 Å². The van der Waals surface area contributed by atoms with E-state index in [-0.39, 0.29) is 9.90 Å². The zero-order valence-corrected chi connectivity index (χ0v) is 7.50. The number of rotatable bonds is 2. The summed E-state index contributed by atoms with van der Waals surface area (Å²) in [6.07, 6.45) is 0.987. The SMILES string of the molecule is NCCc1ccccc1.P. The Labute approximate surface area is 65.3 Å². The van der Waals surface area contributed by atoms with Gasteiger partial charge in [0.25, 0.3) is 0 Å². The van der Waals surface area contributed by atoms with Crippen LogP contribution in [0.3, 0.4) is 0 Å². The summed E-state index contributed by atoms with van der Waals surface area (Å²) in [4.78, 5) is 0. The summed E-state index contributed by atoms with van der Waals surface area (Å²) in [6, 6.07) is 10.3. The van der Waals surface area contributed by atoms with E-state index in [0.29, 0.717) is 0 Å². The normalized spacial score (nSPS) is 8.50. The second-order valence-corrected chi connectivity index (χ2v) is 2.02. The third kappa shape index (κ3) is 2.95. The fourth-order valence-electron chi connectivity index (χ4n) is 0.811. The molecule has 0 fully saturated rings. The van der Waals surface area contributed by atoms with Crippen LogP contribution in [0.15, 0.2) is 30.3 Å². The van der Waals surface area contributed by atoms with Crippen LogP contribution in [0, 0.1) is 0 Å². The maximum absolute atomic E-state index is 5.36. The van der Waals surface area contributed by atoms with E-state index in [1.807, 2.05) is 18.2 Å². The Hall–Kier alpha value is -0.390. The van der Waals surface area contributed by atoms with Crippen molar-refractivity contribution < 1.29 is 0 Å². The van der Waals surface area contributed by atoms with Gasteiger partial charge in [-0.25, -0.2) is 0 Å². The van der Waals surface area contributed by atoms with Crippen molar-refractivity contribution in [1.29, 1.82) is 0 Å². The summed E-state index contributed by atoms with van der Waals surface area (Å²) in [5.41, 5.74) is 6.68. The van der Waals surface area contributed by atoms with Gasteiger partial charge in [-0.05, 0) is 18.5 Å². The van der Waals surface area contributed by atoms with Gasteiger partial charge in [-0.15, -0.1) is 0 Å². The predicted molar refractivity (Wildman–Crippen MR) is 50.3 cm³/mol. The molecule has 10 heavy (non-hydrogen) atoms. The van der Waals surface area contributed by atoms with Crippen LogP contribution in [0.2, 0.25) is 0 Å². The first-order chi connectivity index (χ1) is 4.43. The van der Waals surface area contributed by atoms with Gasteiger partial charge in [0, 0.05) is 0 Å². The van der Waals surface area contributed by atoms with Gasteiger partial charge in [0.15, 0.2) is 0 Å². The molecule has 1 aromatic carbocycles. The minimum atomic E-state index is 0. The molecule has 0 saturated carbocycles. The highest BCUT2D eigenvalue weighted by atomic mass is 31.0. The monoisotopic (exact) mass is 155 g/mol. The lowest BCUT2D eigenvalue weighted by molar-refractivity contribution is 0.969. The second-order valence-electron chi connectivity index (χ2n) is 2.02. The van der Waals surface area contributed by atoms with E-state index in [9.17, 15) is 0 Å². The summed E-state index contributed by atoms with van der Waals surface area (Å²) in [7, 11) is 0. The Morgan fingerprint density at radius 1 is 1.10 bits per heavy atom. The zero-order valence-electron chi connectivity index (χ0n) is 6.09. The standard InChI is InChI=1S/C8H11N.H3P/c9-7-6-8-4-2-1-3-5-8;/h1-5H,6-7,9H2;1H3. The van der Waals surface area contributed by atoms with Crippen molar-refractivity contribution in [3.05, 3.63) is 35.9 Å². The maximum atomic E-state index is 5.36. The number of nitrogens with two attached hydrogens (primary N) is 1. The molecular weight excluding hydrogens is 141 g/mol. The Bertz CT molecular complexity index is 162. The van der Waals surface area contributed by atoms with E-state index < -0.39 is 0 Å². The minimum Gasteiger partial charge on any atom is -0.330 e. The van der Waals surface area contributed by atoms with Gasteiger partial charge in [-0.2, -0.15) is 9.90 Å². The number of hydrogen-bond acceptors (Lipinski definition) is 1. The molecule has 1 unspecified atom stereocenters. The molecular formula is C8H14NP. The van der Waals surface area contributed by atoms with Crippen molar-refractivity contribution in [2.45, 2.75) is 6.42 Å². The molecule has 0 heterocycles. The first-order valence-corrected chi connectivity index (χ1v) is 3.17. The molecule has 0 bridgehead atoms. The summed E-state index contributed by atoms with van der Waals surface area (Å²) < 4.78 is 0. The van der Waals surface area contributed by atoms with Crippen LogP contribution < -0.4 is 5.73 Å². The van der Waals surface area contributed by atoms with Crippen LogP contribution in [0.25, 0.3) is 0 Å². The van der Waals surface area contributed by atoms with E-state index in [1.165, 1.54) is 5.56 Å². The second kappa shape index (κ2) is 5.40. The average Bonchev–Trinajstić information content (AvgIpc) is 1.91. The van der Waals surface area contributed by atoms with E-state index in [0.717, 1.165) is 13.0 Å². The molecule has 0 radical (unpaired) electrons. The topological polar surface area (TPSA) is 26.0 Å². The highest BCUT2D eigenvalue weighted by Crippen LogP contribution is 1.96. The van der Waals surface area contributed by atoms with Gasteiger partial charge in [0.2, 0.25) is 0 Å². The summed E-state index contributed by atoms with van der Waals surface area (Å²) in [5, 5.41) is 0. The van der Waals surface area contributed by atoms with Crippen molar-refractivity contribution in [2.24, 2.45) is 5.73 Å². The van der Waals surface area contributed by atoms with Crippen LogP contribution >= 0.6 is 9.90 Å². The van der Waals surface area contributed by atoms with Gasteiger partial charge >= 0.3 is 0 Å². The van der Waals surface area contributed by atoms with Crippen LogP contribution in [0.1, 0.15) is 5.56 Å². The first kappa shape index (κ1) is 9.61. The predicted octanol–water partition coefficient (Wildman–Crippen LogP) is 1.25. The van der Waals surface area contributed by atoms with E-state index >= 15 is 0 Å². The Kier molecular flexibility index (Phi) is 5.19. The average molecular weight is 155 g/mol. The van der Waals surface area contributed by atoms with Crippen molar-refractivity contribution in [3.8, 4) is 0 Å². The molecule has 2 heteroatoms. The lowest BCUT2D eigenvalue weighted by Gasteiger charge is -1.93. The molecule has 0 aliphatic heterocycles. The molecule has 1 atom stereocenters. The van der Waals surface area contributed by atoms with Gasteiger partial charge in [-0.1, -0.05) is 30.3 Å². The molecule has 0 aromatic heterocycles. The summed E-state index contributed by atoms with van der Waals surface area (Å²) in [6.45, 7) is 0.740. The number of benzene rings is 1. The molecule has 0 aliphatic carbocycles. The third-order valence-electron chi connectivity index (χ3n) is 1.28. The van der Waals surface area contributed by atoms with Crippen molar-refractivity contribution >= 4 is 9.90 Å². The van der Waals surface area contributed by atoms with E-state index in [4.69, 9.17) is 5.73 Å². The highest BCUT2D eigenvalue weighted by Gasteiger charge is 1.84. The van der Waals surface area contributed by atoms with Crippen LogP contribution in [0.4, 0.5) is 0 Å². The Morgan fingerprint density at radius 3 is 2.20 bits per heavy atom. The minimum absolute atomic E-state index is 0. The lowest BCUT2D eigenvalue weighted by atomic mass is 10.2. The van der Waals surface area contributed by atoms with Crippen molar-refractivity contribution in [1.82, 2.24) is 0 Å². The molecule has 56 valence electrons. The molecule has 2 N–H and O–H groups in total. The number of hydrogen-bond donors (Lipinski definition) is 1. The fraction of sp³-hybridized carbons (Fsp3) is 0.250. The van der Waals surface area contributed by atoms with Gasteiger partial charge < -0.3 is 5.73 Å². The lowest BCUT2D eigenvalue weighted by Crippen LogP contribution is -2.01. The largest absolute Gasteiger partial charge is 0.330 e. The maximum Gasteiger partial charge on any atom is -0.00367 e. The summed E-state index contributed by atoms with van der Waals surface area (Å²) in [5.74, 6) is 0. The summed E-state index contributed by atoms with van der Waals surface area (Å²) >= 11 is 0. The van der Waals surface area contributed by atoms with Crippen LogP contribution in [0.5, 0.6) is 0 Å². The molecule has 1 nitrogen and oxygen atoms in total. The Balaban J connectivity index is 0.000000810. The zero-order chi connectivity index (χ0) is 6.53. The Morgan fingerprint density at radius 2 is 1.70 bits per heavy atom. The molecule has 0 aliphatic rings. The van der Waals surface area contributed by atoms with Crippen LogP contribution in [-0.4, -0.2) is 6.54 Å². The molecule has 0 spiro atoms. The molecule has 1 rings (SSSR count). The van der Waals surface area contributed by atoms with Crippen molar-refractivity contribution in [2.75, 3.05) is 6.54 Å². The fourth-order valence-corrected chi connectivity index (χ4v) is 0.811.